The van der Waals surface area contributed by atoms with Crippen molar-refractivity contribution < 1.29 is 79.7 Å². The predicted octanol–water partition coefficient (Wildman–Crippen LogP) is 6.73. The molecule has 0 heterocycles. The lowest BCUT2D eigenvalue weighted by atomic mass is 9.86. The zero-order valence-corrected chi connectivity index (χ0v) is 14.8. The number of aliphatic hydroxyl groups is 1. The van der Waals surface area contributed by atoms with Crippen LogP contribution in [0.25, 0.3) is 0 Å². The molecule has 1 atom stereocenters. The van der Waals surface area contributed by atoms with Gasteiger partial charge in [-0.2, -0.15) is 74.6 Å². The maximum absolute atomic E-state index is 13.8. The van der Waals surface area contributed by atoms with Gasteiger partial charge in [0.1, 0.15) is 6.10 Å². The predicted molar refractivity (Wildman–Crippen MR) is 72.1 cm³/mol. The summed E-state index contributed by atoms with van der Waals surface area (Å²) in [7, 11) is 0. The van der Waals surface area contributed by atoms with Gasteiger partial charge in [-0.1, -0.05) is 30.3 Å². The van der Waals surface area contributed by atoms with E-state index in [1.807, 2.05) is 0 Å². The first-order chi connectivity index (χ1) is 14.3. The highest BCUT2D eigenvalue weighted by molar-refractivity contribution is 5.23. The van der Waals surface area contributed by atoms with Crippen molar-refractivity contribution in [3.05, 3.63) is 35.9 Å². The van der Waals surface area contributed by atoms with Crippen molar-refractivity contribution in [2.75, 3.05) is 0 Å². The van der Waals surface area contributed by atoms with Crippen molar-refractivity contribution >= 4 is 0 Å². The van der Waals surface area contributed by atoms with Crippen molar-refractivity contribution in [1.29, 1.82) is 0 Å². The summed E-state index contributed by atoms with van der Waals surface area (Å²) < 4.78 is 224. The fraction of sp³-hybridized carbons (Fsp3) is 0.600. The Morgan fingerprint density at radius 2 is 0.758 bits per heavy atom. The van der Waals surface area contributed by atoms with Crippen LogP contribution in [0.4, 0.5) is 74.6 Å². The fourth-order valence-corrected chi connectivity index (χ4v) is 2.19. The molecule has 0 saturated heterocycles. The van der Waals surface area contributed by atoms with Gasteiger partial charge in [-0.25, -0.2) is 0 Å². The van der Waals surface area contributed by atoms with Crippen molar-refractivity contribution in [2.45, 2.75) is 53.7 Å². The van der Waals surface area contributed by atoms with Gasteiger partial charge < -0.3 is 5.11 Å². The Morgan fingerprint density at radius 3 is 1.09 bits per heavy atom. The lowest BCUT2D eigenvalue weighted by Crippen LogP contribution is -2.74. The van der Waals surface area contributed by atoms with Crippen LogP contribution in [0.15, 0.2) is 30.3 Å². The smallest absolute Gasteiger partial charge is 0.382 e. The minimum atomic E-state index is -8.69. The van der Waals surface area contributed by atoms with E-state index in [-0.39, 0.29) is 0 Å². The molecule has 1 rings (SSSR count). The second-order valence-corrected chi connectivity index (χ2v) is 6.38. The van der Waals surface area contributed by atoms with E-state index in [4.69, 9.17) is 0 Å². The molecule has 1 aromatic rings. The number of hydrogen-bond donors (Lipinski definition) is 1. The van der Waals surface area contributed by atoms with E-state index in [1.165, 1.54) is 0 Å². The zero-order chi connectivity index (χ0) is 26.7. The minimum Gasteiger partial charge on any atom is -0.382 e. The molecule has 0 spiro atoms. The Labute approximate surface area is 170 Å². The van der Waals surface area contributed by atoms with Gasteiger partial charge in [-0.05, 0) is 5.56 Å². The van der Waals surface area contributed by atoms with Gasteiger partial charge >= 0.3 is 47.6 Å². The standard InChI is InChI=1S/C15H7F17O/c16-8(17,7(33)6-4-2-1-3-5-6)9(18,19)10(20,21)11(22,23)12(24,25)13(26,27)14(28,29)15(30,31)32/h1-5,7,33H. The van der Waals surface area contributed by atoms with E-state index in [1.54, 1.807) is 0 Å². The lowest BCUT2D eigenvalue weighted by molar-refractivity contribution is -0.464. The van der Waals surface area contributed by atoms with Crippen LogP contribution in [0.2, 0.25) is 0 Å². The molecule has 0 amide bonds. The number of rotatable bonds is 8. The van der Waals surface area contributed by atoms with Gasteiger partial charge in [0.05, 0.1) is 0 Å². The summed E-state index contributed by atoms with van der Waals surface area (Å²) in [6.45, 7) is 0. The normalized spacial score (nSPS) is 16.7. The zero-order valence-electron chi connectivity index (χ0n) is 14.8. The Kier molecular flexibility index (Phi) is 6.82. The second kappa shape index (κ2) is 7.76. The minimum absolute atomic E-state index is 0.317. The van der Waals surface area contributed by atoms with Crippen molar-refractivity contribution in [2.24, 2.45) is 0 Å². The van der Waals surface area contributed by atoms with E-state index in [2.05, 4.69) is 0 Å². The first-order valence-electron chi connectivity index (χ1n) is 7.71. The number of benzene rings is 1. The summed E-state index contributed by atoms with van der Waals surface area (Å²) >= 11 is 0. The summed E-state index contributed by atoms with van der Waals surface area (Å²) in [5.41, 5.74) is -1.41. The molecule has 0 bridgehead atoms. The average Bonchev–Trinajstić information content (AvgIpc) is 2.66. The molecular weight excluding hydrogens is 519 g/mol. The lowest BCUT2D eigenvalue weighted by Gasteiger charge is -2.43. The van der Waals surface area contributed by atoms with E-state index in [0.29, 0.717) is 24.3 Å². The quantitative estimate of drug-likeness (QED) is 0.373. The monoisotopic (exact) mass is 526 g/mol. The summed E-state index contributed by atoms with van der Waals surface area (Å²) in [5, 5.41) is 9.20. The van der Waals surface area contributed by atoms with Crippen LogP contribution in [-0.2, 0) is 0 Å². The van der Waals surface area contributed by atoms with Crippen LogP contribution in [0.1, 0.15) is 11.7 Å². The molecule has 1 aromatic carbocycles. The molecule has 0 fully saturated rings. The molecule has 0 radical (unpaired) electrons. The third-order valence-corrected chi connectivity index (χ3v) is 4.21. The Balaban J connectivity index is 3.66. The molecule has 33 heavy (non-hydrogen) atoms. The van der Waals surface area contributed by atoms with E-state index >= 15 is 0 Å². The van der Waals surface area contributed by atoms with Gasteiger partial charge in [-0.15, -0.1) is 0 Å². The summed E-state index contributed by atoms with van der Waals surface area (Å²) in [6.07, 6.45) is -12.0. The molecule has 0 aliphatic heterocycles. The van der Waals surface area contributed by atoms with E-state index in [0.717, 1.165) is 6.07 Å². The Hall–Kier alpha value is -2.01. The number of aliphatic hydroxyl groups excluding tert-OH is 1. The van der Waals surface area contributed by atoms with Gasteiger partial charge in [0.25, 0.3) is 0 Å². The van der Waals surface area contributed by atoms with Crippen LogP contribution in [0.3, 0.4) is 0 Å². The van der Waals surface area contributed by atoms with Crippen LogP contribution in [0, 0.1) is 0 Å². The average molecular weight is 526 g/mol. The maximum Gasteiger partial charge on any atom is 0.460 e. The van der Waals surface area contributed by atoms with Crippen molar-refractivity contribution in [1.82, 2.24) is 0 Å². The molecule has 1 unspecified atom stereocenters. The highest BCUT2D eigenvalue weighted by Gasteiger charge is 2.95. The second-order valence-electron chi connectivity index (χ2n) is 6.38. The molecule has 1 N–H and O–H groups in total. The fourth-order valence-electron chi connectivity index (χ4n) is 2.19. The Morgan fingerprint density at radius 1 is 0.455 bits per heavy atom. The van der Waals surface area contributed by atoms with E-state index in [9.17, 15) is 79.7 Å². The third kappa shape index (κ3) is 3.77. The van der Waals surface area contributed by atoms with Crippen molar-refractivity contribution in [3.8, 4) is 0 Å². The van der Waals surface area contributed by atoms with Crippen LogP contribution < -0.4 is 0 Å². The molecule has 1 nitrogen and oxygen atoms in total. The Bertz CT molecular complexity index is 827. The van der Waals surface area contributed by atoms with Gasteiger partial charge in [0, 0.05) is 0 Å². The van der Waals surface area contributed by atoms with Gasteiger partial charge in [0.2, 0.25) is 0 Å². The molecule has 0 aromatic heterocycles. The molecule has 192 valence electrons. The molecular formula is C15H7F17O. The summed E-state index contributed by atoms with van der Waals surface area (Å²) in [6, 6.07) is 3.01. The highest BCUT2D eigenvalue weighted by Crippen LogP contribution is 2.64. The number of alkyl halides is 17. The van der Waals surface area contributed by atoms with Crippen molar-refractivity contribution in [3.63, 3.8) is 0 Å². The third-order valence-electron chi connectivity index (χ3n) is 4.21. The number of hydrogen-bond acceptors (Lipinski definition) is 1. The van der Waals surface area contributed by atoms with E-state index < -0.39 is 59.3 Å². The van der Waals surface area contributed by atoms with Crippen LogP contribution >= 0.6 is 0 Å². The number of halogens is 17. The highest BCUT2D eigenvalue weighted by atomic mass is 19.4. The molecule has 18 heteroatoms. The van der Waals surface area contributed by atoms with Gasteiger partial charge in [0.15, 0.2) is 0 Å². The molecule has 0 saturated carbocycles. The molecule has 0 aliphatic carbocycles. The summed E-state index contributed by atoms with van der Waals surface area (Å²) in [4.78, 5) is 0. The first kappa shape index (κ1) is 29.0. The van der Waals surface area contributed by atoms with Gasteiger partial charge in [-0.3, -0.25) is 0 Å². The topological polar surface area (TPSA) is 20.2 Å². The first-order valence-corrected chi connectivity index (χ1v) is 7.71. The molecule has 0 aliphatic rings. The largest absolute Gasteiger partial charge is 0.460 e. The van der Waals surface area contributed by atoms with Crippen LogP contribution in [0.5, 0.6) is 0 Å². The SMILES string of the molecule is OC(c1ccccc1)C(F)(F)C(F)(F)C(F)(F)C(F)(F)C(F)(F)C(F)(F)C(F)(F)C(F)(F)F. The summed E-state index contributed by atoms with van der Waals surface area (Å²) in [5.74, 6) is -57.4. The van der Waals surface area contributed by atoms with Crippen LogP contribution in [-0.4, -0.2) is 52.7 Å². The maximum atomic E-state index is 13.8.